The number of hydrogen-bond donors (Lipinski definition) is 1. The van der Waals surface area contributed by atoms with Crippen LogP contribution in [-0.4, -0.2) is 15.7 Å². The van der Waals surface area contributed by atoms with E-state index < -0.39 is 17.5 Å². The molecule has 0 amide bonds. The van der Waals surface area contributed by atoms with E-state index in [-0.39, 0.29) is 12.0 Å². The summed E-state index contributed by atoms with van der Waals surface area (Å²) in [5.41, 5.74) is -1.74. The molecule has 5 heteroatoms. The predicted molar refractivity (Wildman–Crippen MR) is 47.1 cm³/mol. The number of hydrogen-bond acceptors (Lipinski definition) is 2. The Morgan fingerprint density at radius 1 is 1.40 bits per heavy atom. The Morgan fingerprint density at radius 2 is 2.07 bits per heavy atom. The highest BCUT2D eigenvalue weighted by atomic mass is 19.4. The van der Waals surface area contributed by atoms with Crippen molar-refractivity contribution in [3.8, 4) is 0 Å². The lowest BCUT2D eigenvalue weighted by molar-refractivity contribution is -0.142. The second-order valence-electron chi connectivity index (χ2n) is 3.91. The van der Waals surface area contributed by atoms with Gasteiger partial charge in [0.1, 0.15) is 5.69 Å². The molecule has 0 bridgehead atoms. The number of alkyl halides is 3. The predicted octanol–water partition coefficient (Wildman–Crippen LogP) is 2.17. The second kappa shape index (κ2) is 3.20. The van der Waals surface area contributed by atoms with Crippen LogP contribution >= 0.6 is 0 Å². The van der Waals surface area contributed by atoms with E-state index in [4.69, 9.17) is 0 Å². The summed E-state index contributed by atoms with van der Waals surface area (Å²) < 4.78 is 37.5. The number of aliphatic hydroxyl groups is 1. The highest BCUT2D eigenvalue weighted by Gasteiger charge is 2.43. The van der Waals surface area contributed by atoms with E-state index in [1.54, 1.807) is 0 Å². The minimum atomic E-state index is -4.44. The molecule has 1 heterocycles. The van der Waals surface area contributed by atoms with Crippen LogP contribution in [0.3, 0.4) is 0 Å². The van der Waals surface area contributed by atoms with Crippen LogP contribution in [-0.2, 0) is 12.6 Å². The quantitative estimate of drug-likeness (QED) is 0.823. The number of nitrogens with zero attached hydrogens (tertiary/aromatic N) is 1. The van der Waals surface area contributed by atoms with Gasteiger partial charge in [0, 0.05) is 12.6 Å². The van der Waals surface area contributed by atoms with Crippen LogP contribution in [0.2, 0.25) is 0 Å². The van der Waals surface area contributed by atoms with Gasteiger partial charge in [0.15, 0.2) is 0 Å². The molecule has 0 saturated heterocycles. The Morgan fingerprint density at radius 3 is 2.60 bits per heavy atom. The highest BCUT2D eigenvalue weighted by Crippen LogP contribution is 2.40. The lowest BCUT2D eigenvalue weighted by atomic mass is 10.0. The molecule has 1 aromatic rings. The summed E-state index contributed by atoms with van der Waals surface area (Å²) in [6, 6.07) is 2.82. The molecule has 82 valence electrons. The van der Waals surface area contributed by atoms with Gasteiger partial charge in [-0.25, -0.2) is 0 Å². The molecule has 1 aliphatic carbocycles. The fourth-order valence-electron chi connectivity index (χ4n) is 1.51. The van der Waals surface area contributed by atoms with Crippen LogP contribution in [0.5, 0.6) is 0 Å². The van der Waals surface area contributed by atoms with Gasteiger partial charge in [-0.3, -0.25) is 4.98 Å². The Hall–Kier alpha value is -1.10. The zero-order chi connectivity index (χ0) is 11.1. The smallest absolute Gasteiger partial charge is 0.390 e. The first kappa shape index (κ1) is 10.4. The first-order chi connectivity index (χ1) is 6.91. The summed E-state index contributed by atoms with van der Waals surface area (Å²) in [5, 5.41) is 9.58. The Kier molecular flexibility index (Phi) is 2.22. The lowest BCUT2D eigenvalue weighted by Crippen LogP contribution is -2.17. The van der Waals surface area contributed by atoms with Crippen LogP contribution in [0.1, 0.15) is 24.1 Å². The Bertz CT molecular complexity index is 371. The van der Waals surface area contributed by atoms with Gasteiger partial charge in [-0.1, -0.05) is 6.07 Å². The fraction of sp³-hybridized carbons (Fsp3) is 0.500. The molecule has 1 aromatic heterocycles. The zero-order valence-corrected chi connectivity index (χ0v) is 7.88. The molecule has 0 spiro atoms. The average molecular weight is 217 g/mol. The van der Waals surface area contributed by atoms with E-state index >= 15 is 0 Å². The molecule has 2 nitrogen and oxygen atoms in total. The molecule has 1 fully saturated rings. The first-order valence-electron chi connectivity index (χ1n) is 4.64. The maximum absolute atomic E-state index is 12.5. The van der Waals surface area contributed by atoms with E-state index in [1.165, 1.54) is 12.1 Å². The molecule has 0 radical (unpaired) electrons. The first-order valence-corrected chi connectivity index (χ1v) is 4.64. The largest absolute Gasteiger partial charge is 0.433 e. The number of halogens is 3. The Labute approximate surface area is 84.8 Å². The second-order valence-corrected chi connectivity index (χ2v) is 3.91. The average Bonchev–Trinajstić information content (AvgIpc) is 2.82. The highest BCUT2D eigenvalue weighted by molar-refractivity contribution is 5.25. The van der Waals surface area contributed by atoms with Gasteiger partial charge < -0.3 is 5.11 Å². The van der Waals surface area contributed by atoms with Crippen molar-refractivity contribution in [2.75, 3.05) is 0 Å². The topological polar surface area (TPSA) is 33.1 Å². The monoisotopic (exact) mass is 217 g/mol. The van der Waals surface area contributed by atoms with Gasteiger partial charge in [-0.2, -0.15) is 13.2 Å². The van der Waals surface area contributed by atoms with Crippen molar-refractivity contribution in [2.24, 2.45) is 0 Å². The molecule has 15 heavy (non-hydrogen) atoms. The number of pyridine rings is 1. The molecule has 1 aliphatic rings. The maximum Gasteiger partial charge on any atom is 0.433 e. The maximum atomic E-state index is 12.5. The van der Waals surface area contributed by atoms with E-state index in [0.29, 0.717) is 12.8 Å². The van der Waals surface area contributed by atoms with Gasteiger partial charge in [0.25, 0.3) is 0 Å². The summed E-state index contributed by atoms with van der Waals surface area (Å²) in [4.78, 5) is 3.33. The van der Waals surface area contributed by atoms with Gasteiger partial charge in [-0.15, -0.1) is 0 Å². The standard InChI is InChI=1S/C10H10F3NO/c11-10(12,13)8-7(2-1-5-14-8)6-9(15)3-4-9/h1-2,5,15H,3-4,6H2. The van der Waals surface area contributed by atoms with Crippen molar-refractivity contribution in [1.82, 2.24) is 4.98 Å². The number of aromatic nitrogens is 1. The zero-order valence-electron chi connectivity index (χ0n) is 7.88. The molecule has 2 rings (SSSR count). The molecule has 0 aromatic carbocycles. The molecule has 0 aliphatic heterocycles. The van der Waals surface area contributed by atoms with E-state index in [1.807, 2.05) is 0 Å². The molecule has 0 unspecified atom stereocenters. The van der Waals surface area contributed by atoms with Crippen molar-refractivity contribution in [3.05, 3.63) is 29.6 Å². The number of rotatable bonds is 2. The summed E-state index contributed by atoms with van der Waals surface area (Å²) in [7, 11) is 0. The van der Waals surface area contributed by atoms with Crippen LogP contribution in [0.4, 0.5) is 13.2 Å². The van der Waals surface area contributed by atoms with Crippen LogP contribution < -0.4 is 0 Å². The molecule has 1 N–H and O–H groups in total. The summed E-state index contributed by atoms with van der Waals surface area (Å²) >= 11 is 0. The Balaban J connectivity index is 2.30. The van der Waals surface area contributed by atoms with Crippen LogP contribution in [0.25, 0.3) is 0 Å². The third kappa shape index (κ3) is 2.28. The summed E-state index contributed by atoms with van der Waals surface area (Å²) in [5.74, 6) is 0. The normalized spacial score (nSPS) is 18.9. The summed E-state index contributed by atoms with van der Waals surface area (Å²) in [6.45, 7) is 0. The fourth-order valence-corrected chi connectivity index (χ4v) is 1.51. The minimum Gasteiger partial charge on any atom is -0.390 e. The van der Waals surface area contributed by atoms with Crippen molar-refractivity contribution in [1.29, 1.82) is 0 Å². The van der Waals surface area contributed by atoms with Crippen molar-refractivity contribution in [2.45, 2.75) is 31.0 Å². The van der Waals surface area contributed by atoms with E-state index in [0.717, 1.165) is 6.20 Å². The van der Waals surface area contributed by atoms with Crippen LogP contribution in [0.15, 0.2) is 18.3 Å². The van der Waals surface area contributed by atoms with E-state index in [9.17, 15) is 18.3 Å². The molecular weight excluding hydrogens is 207 g/mol. The van der Waals surface area contributed by atoms with Crippen molar-refractivity contribution in [3.63, 3.8) is 0 Å². The molecule has 1 saturated carbocycles. The lowest BCUT2D eigenvalue weighted by Gasteiger charge is -2.13. The minimum absolute atomic E-state index is 0.0374. The van der Waals surface area contributed by atoms with Crippen molar-refractivity contribution < 1.29 is 18.3 Å². The molecular formula is C10H10F3NO. The van der Waals surface area contributed by atoms with Crippen molar-refractivity contribution >= 4 is 0 Å². The third-order valence-corrected chi connectivity index (χ3v) is 2.51. The third-order valence-electron chi connectivity index (χ3n) is 2.51. The SMILES string of the molecule is OC1(Cc2cccnc2C(F)(F)F)CC1. The van der Waals surface area contributed by atoms with Crippen LogP contribution in [0, 0.1) is 0 Å². The van der Waals surface area contributed by atoms with Gasteiger partial charge in [0.05, 0.1) is 5.60 Å². The van der Waals surface area contributed by atoms with Gasteiger partial charge in [0.2, 0.25) is 0 Å². The van der Waals surface area contributed by atoms with E-state index in [2.05, 4.69) is 4.98 Å². The molecule has 0 atom stereocenters. The summed E-state index contributed by atoms with van der Waals surface area (Å²) in [6.07, 6.45) is -2.15. The van der Waals surface area contributed by atoms with Gasteiger partial charge >= 0.3 is 6.18 Å². The van der Waals surface area contributed by atoms with Gasteiger partial charge in [-0.05, 0) is 24.5 Å².